The number of nitrogens with zero attached hydrogens (tertiary/aromatic N) is 1. The minimum absolute atomic E-state index is 0.103. The predicted octanol–water partition coefficient (Wildman–Crippen LogP) is 1.74. The average Bonchev–Trinajstić information content (AvgIpc) is 2.86. The molecule has 0 bridgehead atoms. The summed E-state index contributed by atoms with van der Waals surface area (Å²) in [4.78, 5) is 10.7. The summed E-state index contributed by atoms with van der Waals surface area (Å²) in [5, 5.41) is 8.66. The van der Waals surface area contributed by atoms with Crippen molar-refractivity contribution in [1.29, 1.82) is 0 Å². The third-order valence-electron chi connectivity index (χ3n) is 2.69. The molecule has 0 saturated heterocycles. The Morgan fingerprint density at radius 3 is 2.42 bits per heavy atom. The smallest absolute Gasteiger partial charge is 0.303 e. The molecule has 0 aliphatic carbocycles. The molecule has 0 aliphatic rings. The standard InChI is InChI=1S/C13H13NO4S/c15-13(16)9-8-11-5-4-10-14(11)19(17,18)12-6-2-1-3-7-12/h1-7,10H,8-9H2,(H,15,16). The van der Waals surface area contributed by atoms with Crippen LogP contribution in [0.2, 0.25) is 0 Å². The molecule has 0 atom stereocenters. The van der Waals surface area contributed by atoms with Gasteiger partial charge < -0.3 is 5.11 Å². The Morgan fingerprint density at radius 1 is 1.11 bits per heavy atom. The molecule has 19 heavy (non-hydrogen) atoms. The molecule has 1 aromatic heterocycles. The highest BCUT2D eigenvalue weighted by atomic mass is 32.2. The number of hydrogen-bond donors (Lipinski definition) is 1. The molecule has 0 unspecified atom stereocenters. The van der Waals surface area contributed by atoms with Gasteiger partial charge in [-0.2, -0.15) is 0 Å². The molecule has 100 valence electrons. The van der Waals surface area contributed by atoms with E-state index in [4.69, 9.17) is 5.11 Å². The fourth-order valence-corrected chi connectivity index (χ4v) is 3.19. The molecule has 0 amide bonds. The van der Waals surface area contributed by atoms with Gasteiger partial charge >= 0.3 is 5.97 Å². The van der Waals surface area contributed by atoms with E-state index in [0.29, 0.717) is 5.69 Å². The van der Waals surface area contributed by atoms with Crippen LogP contribution in [0.15, 0.2) is 53.6 Å². The van der Waals surface area contributed by atoms with E-state index >= 15 is 0 Å². The average molecular weight is 279 g/mol. The number of aryl methyl sites for hydroxylation is 1. The van der Waals surface area contributed by atoms with Gasteiger partial charge in [0, 0.05) is 11.9 Å². The first-order valence-electron chi connectivity index (χ1n) is 5.70. The monoisotopic (exact) mass is 279 g/mol. The number of carboxylic acid groups (broad SMARTS) is 1. The summed E-state index contributed by atoms with van der Waals surface area (Å²) >= 11 is 0. The van der Waals surface area contributed by atoms with Crippen molar-refractivity contribution < 1.29 is 18.3 Å². The van der Waals surface area contributed by atoms with Gasteiger partial charge in [-0.15, -0.1) is 0 Å². The van der Waals surface area contributed by atoms with Gasteiger partial charge in [-0.05, 0) is 30.7 Å². The predicted molar refractivity (Wildman–Crippen MR) is 69.4 cm³/mol. The number of carbonyl (C=O) groups is 1. The Morgan fingerprint density at radius 2 is 1.79 bits per heavy atom. The SMILES string of the molecule is O=C(O)CCc1cccn1S(=O)(=O)c1ccccc1. The third-order valence-corrected chi connectivity index (χ3v) is 4.43. The van der Waals surface area contributed by atoms with E-state index in [1.807, 2.05) is 0 Å². The molecule has 1 N–H and O–H groups in total. The van der Waals surface area contributed by atoms with Crippen molar-refractivity contribution in [1.82, 2.24) is 3.97 Å². The lowest BCUT2D eigenvalue weighted by Crippen LogP contribution is -2.15. The second-order valence-corrected chi connectivity index (χ2v) is 5.82. The molecule has 1 heterocycles. The van der Waals surface area contributed by atoms with Gasteiger partial charge in [0.25, 0.3) is 10.0 Å². The van der Waals surface area contributed by atoms with Gasteiger partial charge in [-0.25, -0.2) is 12.4 Å². The highest BCUT2D eigenvalue weighted by molar-refractivity contribution is 7.90. The second-order valence-electron chi connectivity index (χ2n) is 4.01. The van der Waals surface area contributed by atoms with Crippen LogP contribution in [0, 0.1) is 0 Å². The molecule has 2 aromatic rings. The maximum Gasteiger partial charge on any atom is 0.303 e. The highest BCUT2D eigenvalue weighted by Crippen LogP contribution is 2.17. The highest BCUT2D eigenvalue weighted by Gasteiger charge is 2.18. The van der Waals surface area contributed by atoms with Crippen molar-refractivity contribution in [2.24, 2.45) is 0 Å². The van der Waals surface area contributed by atoms with Gasteiger partial charge in [0.15, 0.2) is 0 Å². The lowest BCUT2D eigenvalue weighted by atomic mass is 10.2. The van der Waals surface area contributed by atoms with Crippen molar-refractivity contribution in [3.8, 4) is 0 Å². The number of benzene rings is 1. The van der Waals surface area contributed by atoms with E-state index in [0.717, 1.165) is 3.97 Å². The van der Waals surface area contributed by atoms with Crippen LogP contribution < -0.4 is 0 Å². The minimum atomic E-state index is -3.65. The number of rotatable bonds is 5. The van der Waals surface area contributed by atoms with Gasteiger partial charge in [0.05, 0.1) is 11.3 Å². The molecule has 0 spiro atoms. The summed E-state index contributed by atoms with van der Waals surface area (Å²) in [6.07, 6.45) is 1.50. The van der Waals surface area contributed by atoms with E-state index in [1.54, 1.807) is 30.3 Å². The summed E-state index contributed by atoms with van der Waals surface area (Å²) in [5.41, 5.74) is 0.464. The van der Waals surface area contributed by atoms with Gasteiger partial charge in [-0.1, -0.05) is 18.2 Å². The summed E-state index contributed by atoms with van der Waals surface area (Å²) in [6, 6.07) is 11.3. The lowest BCUT2D eigenvalue weighted by molar-refractivity contribution is -0.136. The van der Waals surface area contributed by atoms with Crippen LogP contribution in [-0.4, -0.2) is 23.5 Å². The van der Waals surface area contributed by atoms with Gasteiger partial charge in [0.1, 0.15) is 0 Å². The minimum Gasteiger partial charge on any atom is -0.481 e. The largest absolute Gasteiger partial charge is 0.481 e. The van der Waals surface area contributed by atoms with Crippen LogP contribution >= 0.6 is 0 Å². The van der Waals surface area contributed by atoms with Crippen LogP contribution in [0.5, 0.6) is 0 Å². The first-order valence-corrected chi connectivity index (χ1v) is 7.14. The fraction of sp³-hybridized carbons (Fsp3) is 0.154. The first kappa shape index (κ1) is 13.4. The van der Waals surface area contributed by atoms with Crippen LogP contribution in [-0.2, 0) is 21.2 Å². The Balaban J connectivity index is 2.37. The topological polar surface area (TPSA) is 76.4 Å². The normalized spacial score (nSPS) is 11.4. The molecule has 6 heteroatoms. The number of carboxylic acids is 1. The molecule has 5 nitrogen and oxygen atoms in total. The van der Waals surface area contributed by atoms with Crippen molar-refractivity contribution in [2.75, 3.05) is 0 Å². The van der Waals surface area contributed by atoms with E-state index < -0.39 is 16.0 Å². The fourth-order valence-electron chi connectivity index (χ4n) is 1.77. The molecule has 0 fully saturated rings. The summed E-state index contributed by atoms with van der Waals surface area (Å²) in [7, 11) is -3.65. The maximum atomic E-state index is 12.4. The van der Waals surface area contributed by atoms with E-state index in [2.05, 4.69) is 0 Å². The molecule has 0 radical (unpaired) electrons. The van der Waals surface area contributed by atoms with Crippen molar-refractivity contribution >= 4 is 16.0 Å². The van der Waals surface area contributed by atoms with Crippen molar-refractivity contribution in [3.63, 3.8) is 0 Å². The number of aliphatic carboxylic acids is 1. The Hall–Kier alpha value is -2.08. The zero-order chi connectivity index (χ0) is 13.9. The first-order chi connectivity index (χ1) is 9.01. The number of hydrogen-bond acceptors (Lipinski definition) is 3. The van der Waals surface area contributed by atoms with Gasteiger partial charge in [0.2, 0.25) is 0 Å². The van der Waals surface area contributed by atoms with Crippen molar-refractivity contribution in [3.05, 3.63) is 54.4 Å². The zero-order valence-corrected chi connectivity index (χ0v) is 10.9. The van der Waals surface area contributed by atoms with E-state index in [-0.39, 0.29) is 17.7 Å². The lowest BCUT2D eigenvalue weighted by Gasteiger charge is -2.09. The molecule has 0 aliphatic heterocycles. The Bertz CT molecular complexity index is 674. The quantitative estimate of drug-likeness (QED) is 0.904. The number of aromatic nitrogens is 1. The third kappa shape index (κ3) is 2.85. The molecule has 1 aromatic carbocycles. The summed E-state index contributed by atoms with van der Waals surface area (Å²) in [6.45, 7) is 0. The maximum absolute atomic E-state index is 12.4. The Labute approximate surface area is 111 Å². The zero-order valence-electron chi connectivity index (χ0n) is 10.1. The second kappa shape index (κ2) is 5.27. The van der Waals surface area contributed by atoms with Crippen molar-refractivity contribution in [2.45, 2.75) is 17.7 Å². The van der Waals surface area contributed by atoms with Crippen LogP contribution in [0.4, 0.5) is 0 Å². The van der Waals surface area contributed by atoms with E-state index in [1.165, 1.54) is 18.3 Å². The van der Waals surface area contributed by atoms with E-state index in [9.17, 15) is 13.2 Å². The summed E-state index contributed by atoms with van der Waals surface area (Å²) in [5.74, 6) is -0.954. The van der Waals surface area contributed by atoms with Crippen LogP contribution in [0.3, 0.4) is 0 Å². The molecular weight excluding hydrogens is 266 g/mol. The Kier molecular flexibility index (Phi) is 3.71. The van der Waals surface area contributed by atoms with Gasteiger partial charge in [-0.3, -0.25) is 4.79 Å². The molecule has 2 rings (SSSR count). The van der Waals surface area contributed by atoms with Crippen LogP contribution in [0.25, 0.3) is 0 Å². The summed E-state index contributed by atoms with van der Waals surface area (Å²) < 4.78 is 25.9. The molecular formula is C13H13NO4S. The molecule has 0 saturated carbocycles. The van der Waals surface area contributed by atoms with Crippen LogP contribution in [0.1, 0.15) is 12.1 Å².